The molecule has 7 rings (SSSR count). The summed E-state index contributed by atoms with van der Waals surface area (Å²) in [6.07, 6.45) is -47.9. The van der Waals surface area contributed by atoms with Gasteiger partial charge in [0.1, 0.15) is 122 Å². The SMILES string of the molecule is CC(=O)NC1C(OC2C(O)C(CO)OC(OC3C(CO)OC(OCCNC(=O)CCCCC4SCC5NC(=O)NC54)C(O)C3O)C2O)OC(CO)C(OC2OC(CO)C(O)C(OC3OC(C(=O)[O-])C(O)C(OS(=O)(=O)[O-])C3O)C2O)C1O.[Na+].[Na+]. The molecule has 84 heavy (non-hydrogen) atoms. The second-order valence-corrected chi connectivity index (χ2v) is 22.5. The Bertz CT molecular complexity index is 2250. The number of unbranched alkanes of at least 4 members (excludes halogenated alkanes) is 1. The van der Waals surface area contributed by atoms with Gasteiger partial charge in [-0.2, -0.15) is 11.8 Å². The van der Waals surface area contributed by atoms with E-state index in [4.69, 9.17) is 47.4 Å². The minimum Gasteiger partial charge on any atom is -0.726 e. The summed E-state index contributed by atoms with van der Waals surface area (Å²) in [5.74, 6) is -2.62. The Balaban J connectivity index is 0.00000645. The molecule has 28 atom stereocenters. The van der Waals surface area contributed by atoms with Crippen LogP contribution >= 0.6 is 11.8 Å². The van der Waals surface area contributed by atoms with Crippen molar-refractivity contribution < 1.29 is 214 Å². The van der Waals surface area contributed by atoms with Crippen LogP contribution in [-0.4, -0.2) is 319 Å². The van der Waals surface area contributed by atoms with E-state index in [1.54, 1.807) is 11.8 Å². The van der Waals surface area contributed by atoms with Crippen LogP contribution in [0.1, 0.15) is 32.6 Å². The number of carboxylic acid groups (broad SMARTS) is 1. The largest absolute Gasteiger partial charge is 1.00 e. The summed E-state index contributed by atoms with van der Waals surface area (Å²) in [7, 11) is -5.78. The third kappa shape index (κ3) is 17.7. The third-order valence-corrected chi connectivity index (χ3v) is 16.6. The smallest absolute Gasteiger partial charge is 0.726 e. The standard InChI is InChI=1S/C44H72N4O32S2.2Na/c1-13(53)46-22-25(57)32(75-41-30(62)35(24(56)16(9-50)71-41)78-43-31(63)36(80-82(67,68)69)28(60)37(79-43)38(64)65)17(10-51)73-39(22)77-34-23(55)15(8-49)72-42(29(34)61)76-33-18(11-52)74-40(27(59)26(33)58)70-7-6-45-20(54)5-3-2-4-19-21-14(12-81-19)47-44(66)48-21;;/h14-19,21-37,39-43,49-52,55-63H,2-12H2,1H3,(H,45,54)(H,46,53)(H,64,65)(H2,47,48,66)(H,67,68,69);;/q;2*+1/p-2. The van der Waals surface area contributed by atoms with Crippen LogP contribution in [0, 0.1) is 0 Å². The maximum Gasteiger partial charge on any atom is 1.00 e. The zero-order valence-corrected chi connectivity index (χ0v) is 51.0. The molecule has 472 valence electrons. The van der Waals surface area contributed by atoms with Gasteiger partial charge in [0.15, 0.2) is 31.5 Å². The van der Waals surface area contributed by atoms with Gasteiger partial charge in [-0.25, -0.2) is 13.2 Å². The van der Waals surface area contributed by atoms with E-state index in [0.29, 0.717) is 6.42 Å². The first-order valence-corrected chi connectivity index (χ1v) is 28.3. The number of carboxylic acids is 1. The van der Waals surface area contributed by atoms with Gasteiger partial charge in [-0.3, -0.25) is 13.8 Å². The van der Waals surface area contributed by atoms with Gasteiger partial charge in [-0.1, -0.05) is 6.42 Å². The second-order valence-electron chi connectivity index (χ2n) is 20.2. The number of fused-ring (bicyclic) bond motifs is 1. The zero-order chi connectivity index (χ0) is 60.1. The minimum absolute atomic E-state index is 0. The summed E-state index contributed by atoms with van der Waals surface area (Å²) in [4.78, 5) is 48.6. The van der Waals surface area contributed by atoms with Crippen molar-refractivity contribution in [3.63, 3.8) is 0 Å². The first-order valence-electron chi connectivity index (χ1n) is 25.9. The van der Waals surface area contributed by atoms with Crippen LogP contribution in [0.2, 0.25) is 0 Å². The molecule has 0 spiro atoms. The van der Waals surface area contributed by atoms with E-state index in [1.165, 1.54) is 0 Å². The molecule has 40 heteroatoms. The van der Waals surface area contributed by atoms with Gasteiger partial charge in [-0.05, 0) is 12.8 Å². The fraction of sp³-hybridized carbons (Fsp3) is 0.909. The number of hydrogen-bond acceptors (Lipinski definition) is 33. The first-order chi connectivity index (χ1) is 38.8. The van der Waals surface area contributed by atoms with Crippen LogP contribution in [0.5, 0.6) is 0 Å². The topological polar surface area (TPSA) is 561 Å². The van der Waals surface area contributed by atoms with Crippen LogP contribution in [0.3, 0.4) is 0 Å². The molecule has 7 aliphatic rings. The van der Waals surface area contributed by atoms with Gasteiger partial charge in [-0.15, -0.1) is 0 Å². The number of urea groups is 1. The molecule has 0 aromatic rings. The Hall–Kier alpha value is -1.02. The normalized spacial score (nSPS) is 43.2. The number of carbonyl (C=O) groups is 4. The summed E-state index contributed by atoms with van der Waals surface area (Å²) >= 11 is 1.76. The molecule has 7 heterocycles. The average molecular weight is 1280 g/mol. The molecule has 0 aromatic heterocycles. The maximum absolute atomic E-state index is 12.6. The Morgan fingerprint density at radius 2 is 1.13 bits per heavy atom. The molecule has 0 bridgehead atoms. The van der Waals surface area contributed by atoms with E-state index in [9.17, 15) is 104 Å². The number of rotatable bonds is 25. The number of aliphatic carboxylic acids is 1. The fourth-order valence-electron chi connectivity index (χ4n) is 10.5. The van der Waals surface area contributed by atoms with Crippen LogP contribution in [0.25, 0.3) is 0 Å². The first kappa shape index (κ1) is 73.7. The van der Waals surface area contributed by atoms with Gasteiger partial charge in [0, 0.05) is 30.9 Å². The van der Waals surface area contributed by atoms with Crippen molar-refractivity contribution in [3.05, 3.63) is 0 Å². The molecule has 0 aromatic carbocycles. The monoisotopic (exact) mass is 1280 g/mol. The fourth-order valence-corrected chi connectivity index (χ4v) is 12.5. The summed E-state index contributed by atoms with van der Waals surface area (Å²) in [5, 5.41) is 165. The summed E-state index contributed by atoms with van der Waals surface area (Å²) in [6.45, 7) is -3.47. The molecule has 4 amide bonds. The molecular weight excluding hydrogens is 1210 g/mol. The van der Waals surface area contributed by atoms with Gasteiger partial charge < -0.3 is 149 Å². The van der Waals surface area contributed by atoms with Crippen molar-refractivity contribution in [1.29, 1.82) is 0 Å². The van der Waals surface area contributed by atoms with Crippen molar-refractivity contribution in [2.75, 3.05) is 45.3 Å². The van der Waals surface area contributed by atoms with Crippen molar-refractivity contribution in [2.45, 2.75) is 203 Å². The van der Waals surface area contributed by atoms with Crippen LogP contribution in [-0.2, 0) is 76.3 Å². The predicted octanol–water partition coefficient (Wildman–Crippen LogP) is -18.7. The molecule has 36 nitrogen and oxygen atoms in total. The van der Waals surface area contributed by atoms with Crippen LogP contribution < -0.4 is 85.5 Å². The number of nitrogens with one attached hydrogen (secondary N) is 4. The molecule has 7 saturated heterocycles. The molecule has 17 N–H and O–H groups in total. The second kappa shape index (κ2) is 32.8. The number of aliphatic hydroxyl groups excluding tert-OH is 13. The van der Waals surface area contributed by atoms with E-state index in [0.717, 1.165) is 25.5 Å². The van der Waals surface area contributed by atoms with E-state index in [-0.39, 0.29) is 108 Å². The Morgan fingerprint density at radius 3 is 1.67 bits per heavy atom. The maximum atomic E-state index is 12.6. The molecule has 7 fully saturated rings. The van der Waals surface area contributed by atoms with Crippen molar-refractivity contribution in [2.24, 2.45) is 0 Å². The number of carbonyl (C=O) groups excluding carboxylic acids is 4. The number of hydrogen-bond donors (Lipinski definition) is 17. The zero-order valence-electron chi connectivity index (χ0n) is 45.3. The van der Waals surface area contributed by atoms with Crippen LogP contribution in [0.4, 0.5) is 4.79 Å². The molecule has 7 aliphatic heterocycles. The number of thioether (sulfide) groups is 1. The quantitative estimate of drug-likeness (QED) is 0.0133. The van der Waals surface area contributed by atoms with E-state index in [2.05, 4.69) is 25.5 Å². The Kier molecular flexibility index (Phi) is 28.8. The van der Waals surface area contributed by atoms with E-state index >= 15 is 0 Å². The molecule has 0 aliphatic carbocycles. The van der Waals surface area contributed by atoms with Gasteiger partial charge >= 0.3 is 65.1 Å². The Morgan fingerprint density at radius 1 is 0.631 bits per heavy atom. The van der Waals surface area contributed by atoms with Gasteiger partial charge in [0.2, 0.25) is 22.2 Å². The number of aliphatic hydroxyl groups is 13. The molecule has 0 radical (unpaired) electrons. The summed E-state index contributed by atoms with van der Waals surface area (Å²) < 4.78 is 94.5. The average Bonchev–Trinajstić information content (AvgIpc) is 1.91. The van der Waals surface area contributed by atoms with Gasteiger partial charge in [0.05, 0.1) is 51.1 Å². The number of amides is 4. The molecule has 28 unspecified atom stereocenters. The van der Waals surface area contributed by atoms with E-state index in [1.807, 2.05) is 0 Å². The molecule has 0 saturated carbocycles. The predicted molar refractivity (Wildman–Crippen MR) is 255 cm³/mol. The summed E-state index contributed by atoms with van der Waals surface area (Å²) in [5.41, 5.74) is 0. The van der Waals surface area contributed by atoms with Crippen molar-refractivity contribution >= 4 is 46.0 Å². The Labute approximate surface area is 526 Å². The van der Waals surface area contributed by atoms with E-state index < -0.39 is 202 Å². The van der Waals surface area contributed by atoms with Crippen LogP contribution in [0.15, 0.2) is 0 Å². The van der Waals surface area contributed by atoms with Crippen molar-refractivity contribution in [1.82, 2.24) is 21.3 Å². The minimum atomic E-state index is -5.78. The molecular formula is C44H70N4Na2O32S2. The number of ether oxygens (including phenoxy) is 10. The van der Waals surface area contributed by atoms with Crippen molar-refractivity contribution in [3.8, 4) is 0 Å². The third-order valence-electron chi connectivity index (χ3n) is 14.6. The summed E-state index contributed by atoms with van der Waals surface area (Å²) in [6, 6.07) is -1.91. The van der Waals surface area contributed by atoms with Gasteiger partial charge in [0.25, 0.3) is 0 Å².